The molecule has 0 bridgehead atoms. The zero-order valence-electron chi connectivity index (χ0n) is 7.29. The van der Waals surface area contributed by atoms with Crippen LogP contribution in [0.3, 0.4) is 0 Å². The molecule has 0 spiro atoms. The number of nitrogens with two attached hydrogens (primary N) is 1. The van der Waals surface area contributed by atoms with Crippen molar-refractivity contribution in [2.24, 2.45) is 17.6 Å². The second-order valence-corrected chi connectivity index (χ2v) is 4.32. The van der Waals surface area contributed by atoms with Crippen LogP contribution in [0.25, 0.3) is 0 Å². The molecule has 0 aromatic heterocycles. The minimum absolute atomic E-state index is 0.459. The second kappa shape index (κ2) is 2.76. The van der Waals surface area contributed by atoms with Crippen molar-refractivity contribution >= 4 is 0 Å². The zero-order valence-corrected chi connectivity index (χ0v) is 7.29. The summed E-state index contributed by atoms with van der Waals surface area (Å²) in [6, 6.07) is 0.459. The number of likely N-dealkylation sites (tertiary alicyclic amines) is 1. The molecule has 0 aromatic carbocycles. The van der Waals surface area contributed by atoms with Gasteiger partial charge in [0.2, 0.25) is 0 Å². The molecule has 2 heteroatoms. The van der Waals surface area contributed by atoms with E-state index in [9.17, 15) is 0 Å². The Hall–Kier alpha value is -0.0800. The first-order valence-electron chi connectivity index (χ1n) is 4.70. The molecule has 2 rings (SSSR count). The molecule has 2 N–H and O–H groups in total. The SMILES string of the molecule is CN1C[C@@H](CC2CC2)[C@H](N)C1. The van der Waals surface area contributed by atoms with E-state index in [1.807, 2.05) is 0 Å². The number of hydrogen-bond acceptors (Lipinski definition) is 2. The van der Waals surface area contributed by atoms with Gasteiger partial charge in [-0.05, 0) is 25.3 Å². The van der Waals surface area contributed by atoms with E-state index < -0.39 is 0 Å². The third-order valence-corrected chi connectivity index (χ3v) is 3.01. The molecule has 1 aliphatic heterocycles. The van der Waals surface area contributed by atoms with Gasteiger partial charge in [0.1, 0.15) is 0 Å². The molecule has 0 amide bonds. The Balaban J connectivity index is 1.82. The molecule has 64 valence electrons. The molecule has 1 aliphatic carbocycles. The first-order valence-corrected chi connectivity index (χ1v) is 4.70. The van der Waals surface area contributed by atoms with Gasteiger partial charge in [0.05, 0.1) is 0 Å². The van der Waals surface area contributed by atoms with E-state index >= 15 is 0 Å². The predicted molar refractivity (Wildman–Crippen MR) is 46.3 cm³/mol. The normalized spacial score (nSPS) is 39.8. The van der Waals surface area contributed by atoms with Crippen LogP contribution in [0.4, 0.5) is 0 Å². The lowest BCUT2D eigenvalue weighted by Gasteiger charge is -2.12. The topological polar surface area (TPSA) is 29.3 Å². The van der Waals surface area contributed by atoms with Crippen molar-refractivity contribution in [2.75, 3.05) is 20.1 Å². The van der Waals surface area contributed by atoms with Crippen LogP contribution in [0, 0.1) is 11.8 Å². The van der Waals surface area contributed by atoms with Crippen molar-refractivity contribution in [3.8, 4) is 0 Å². The first kappa shape index (κ1) is 7.56. The Morgan fingerprint density at radius 2 is 2.09 bits per heavy atom. The van der Waals surface area contributed by atoms with Gasteiger partial charge in [-0.25, -0.2) is 0 Å². The standard InChI is InChI=1S/C9H18N2/c1-11-5-8(9(10)6-11)4-7-2-3-7/h7-9H,2-6,10H2,1H3/t8-,9-/m1/s1. The summed E-state index contributed by atoms with van der Waals surface area (Å²) in [5.74, 6) is 1.84. The predicted octanol–water partition coefficient (Wildman–Crippen LogP) is 0.675. The van der Waals surface area contributed by atoms with Crippen molar-refractivity contribution in [2.45, 2.75) is 25.3 Å². The van der Waals surface area contributed by atoms with Crippen LogP contribution >= 0.6 is 0 Å². The zero-order chi connectivity index (χ0) is 7.84. The highest BCUT2D eigenvalue weighted by atomic mass is 15.1. The molecule has 1 saturated carbocycles. The summed E-state index contributed by atoms with van der Waals surface area (Å²) in [5, 5.41) is 0. The molecule has 2 nitrogen and oxygen atoms in total. The summed E-state index contributed by atoms with van der Waals surface area (Å²) in [6.45, 7) is 2.34. The smallest absolute Gasteiger partial charge is 0.0208 e. The van der Waals surface area contributed by atoms with Crippen molar-refractivity contribution in [3.63, 3.8) is 0 Å². The largest absolute Gasteiger partial charge is 0.326 e. The van der Waals surface area contributed by atoms with Crippen molar-refractivity contribution < 1.29 is 0 Å². The van der Waals surface area contributed by atoms with Crippen molar-refractivity contribution in [3.05, 3.63) is 0 Å². The van der Waals surface area contributed by atoms with Gasteiger partial charge in [0.25, 0.3) is 0 Å². The lowest BCUT2D eigenvalue weighted by atomic mass is 9.98. The van der Waals surface area contributed by atoms with Crippen LogP contribution in [0.15, 0.2) is 0 Å². The third-order valence-electron chi connectivity index (χ3n) is 3.01. The summed E-state index contributed by atoms with van der Waals surface area (Å²) >= 11 is 0. The Kier molecular flexibility index (Phi) is 1.90. The molecule has 0 radical (unpaired) electrons. The van der Waals surface area contributed by atoms with Crippen LogP contribution in [-0.2, 0) is 0 Å². The minimum atomic E-state index is 0.459. The van der Waals surface area contributed by atoms with E-state index in [0.717, 1.165) is 18.4 Å². The molecular weight excluding hydrogens is 136 g/mol. The van der Waals surface area contributed by atoms with E-state index in [2.05, 4.69) is 11.9 Å². The lowest BCUT2D eigenvalue weighted by Crippen LogP contribution is -2.29. The maximum Gasteiger partial charge on any atom is 0.0208 e. The highest BCUT2D eigenvalue weighted by Crippen LogP contribution is 2.37. The van der Waals surface area contributed by atoms with Gasteiger partial charge < -0.3 is 10.6 Å². The van der Waals surface area contributed by atoms with Crippen LogP contribution in [0.1, 0.15) is 19.3 Å². The Labute approximate surface area is 68.7 Å². The molecule has 2 atom stereocenters. The summed E-state index contributed by atoms with van der Waals surface area (Å²) in [6.07, 6.45) is 4.32. The Morgan fingerprint density at radius 1 is 1.36 bits per heavy atom. The van der Waals surface area contributed by atoms with E-state index in [1.165, 1.54) is 25.8 Å². The van der Waals surface area contributed by atoms with E-state index in [0.29, 0.717) is 6.04 Å². The molecular formula is C9H18N2. The average molecular weight is 154 g/mol. The fraction of sp³-hybridized carbons (Fsp3) is 1.00. The van der Waals surface area contributed by atoms with Crippen molar-refractivity contribution in [1.82, 2.24) is 4.90 Å². The maximum absolute atomic E-state index is 6.00. The molecule has 0 aromatic rings. The van der Waals surface area contributed by atoms with Gasteiger partial charge >= 0.3 is 0 Å². The lowest BCUT2D eigenvalue weighted by molar-refractivity contribution is 0.381. The van der Waals surface area contributed by atoms with Gasteiger partial charge in [0, 0.05) is 19.1 Å². The van der Waals surface area contributed by atoms with Gasteiger partial charge in [-0.3, -0.25) is 0 Å². The summed E-state index contributed by atoms with van der Waals surface area (Å²) < 4.78 is 0. The van der Waals surface area contributed by atoms with Crippen LogP contribution in [0.5, 0.6) is 0 Å². The fourth-order valence-electron chi connectivity index (χ4n) is 2.15. The van der Waals surface area contributed by atoms with E-state index in [-0.39, 0.29) is 0 Å². The van der Waals surface area contributed by atoms with Crippen LogP contribution in [0.2, 0.25) is 0 Å². The van der Waals surface area contributed by atoms with Gasteiger partial charge in [-0.2, -0.15) is 0 Å². The van der Waals surface area contributed by atoms with E-state index in [4.69, 9.17) is 5.73 Å². The monoisotopic (exact) mass is 154 g/mol. The molecule has 2 fully saturated rings. The van der Waals surface area contributed by atoms with Crippen molar-refractivity contribution in [1.29, 1.82) is 0 Å². The first-order chi connectivity index (χ1) is 5.25. The Bertz CT molecular complexity index is 142. The summed E-state index contributed by atoms with van der Waals surface area (Å²) in [7, 11) is 2.17. The molecule has 2 aliphatic rings. The van der Waals surface area contributed by atoms with Gasteiger partial charge in [-0.1, -0.05) is 12.8 Å². The highest BCUT2D eigenvalue weighted by molar-refractivity contribution is 4.89. The highest BCUT2D eigenvalue weighted by Gasteiger charge is 2.33. The number of likely N-dealkylation sites (N-methyl/N-ethyl adjacent to an activating group) is 1. The van der Waals surface area contributed by atoms with Crippen LogP contribution in [-0.4, -0.2) is 31.1 Å². The molecule has 1 heterocycles. The number of hydrogen-bond donors (Lipinski definition) is 1. The Morgan fingerprint density at radius 3 is 2.55 bits per heavy atom. The third kappa shape index (κ3) is 1.74. The molecule has 11 heavy (non-hydrogen) atoms. The average Bonchev–Trinajstić information content (AvgIpc) is 2.64. The van der Waals surface area contributed by atoms with Gasteiger partial charge in [0.15, 0.2) is 0 Å². The number of nitrogens with zero attached hydrogens (tertiary/aromatic N) is 1. The summed E-state index contributed by atoms with van der Waals surface area (Å²) in [4.78, 5) is 2.36. The second-order valence-electron chi connectivity index (χ2n) is 4.32. The van der Waals surface area contributed by atoms with Crippen LogP contribution < -0.4 is 5.73 Å². The minimum Gasteiger partial charge on any atom is -0.326 e. The maximum atomic E-state index is 6.00. The molecule has 1 saturated heterocycles. The van der Waals surface area contributed by atoms with Gasteiger partial charge in [-0.15, -0.1) is 0 Å². The number of rotatable bonds is 2. The quantitative estimate of drug-likeness (QED) is 0.633. The molecule has 0 unspecified atom stereocenters. The fourth-order valence-corrected chi connectivity index (χ4v) is 2.15. The van der Waals surface area contributed by atoms with E-state index in [1.54, 1.807) is 0 Å². The summed E-state index contributed by atoms with van der Waals surface area (Å²) in [5.41, 5.74) is 6.00.